The number of pyridine rings is 1. The number of thiazole rings is 6. The summed E-state index contributed by atoms with van der Waals surface area (Å²) < 4.78 is 10.8. The number of amides is 4. The SMILES string of the molecule is C=C1NCC(=O)N[C@@H]([C@@H](O)c2ccccc2)c2nc(cs2)-c2nc(cs2)-c2nc(-c3nc(NC(=O)OCCCCC(=O)O)cs3)ccc2-c2nc(cs2)C(=O)N[C@@H](CC(=O)NC)c2nc(c(C)s2)C(=O)C[C@H](C(C)C)c2nc1c(COC)s2. The number of nitrogens with one attached hydrogen (secondary N) is 5. The molecule has 1 aliphatic rings. The number of unbranched alkanes of at least 4 members (excludes halogenated alkanes) is 1. The van der Waals surface area contributed by atoms with Crippen molar-refractivity contribution in [3.63, 3.8) is 0 Å². The molecule has 0 unspecified atom stereocenters. The van der Waals surface area contributed by atoms with Gasteiger partial charge in [0.15, 0.2) is 5.78 Å². The maximum atomic E-state index is 14.4. The molecule has 8 aromatic rings. The van der Waals surface area contributed by atoms with Crippen LogP contribution in [-0.4, -0.2) is 108 Å². The van der Waals surface area contributed by atoms with Crippen LogP contribution in [0, 0.1) is 12.8 Å². The summed E-state index contributed by atoms with van der Waals surface area (Å²) in [4.78, 5) is 115. The van der Waals surface area contributed by atoms with E-state index >= 15 is 0 Å². The average molecular weight is 1240 g/mol. The van der Waals surface area contributed by atoms with Crippen LogP contribution in [0.25, 0.3) is 49.1 Å². The number of fused-ring (bicyclic) bond motifs is 14. The summed E-state index contributed by atoms with van der Waals surface area (Å²) >= 11 is 7.50. The molecule has 28 heteroatoms. The number of aliphatic carboxylic acids is 1. The number of hydrogen-bond donors (Lipinski definition) is 7. The number of aromatic nitrogens is 7. The normalized spacial score (nSPS) is 16.3. The summed E-state index contributed by atoms with van der Waals surface area (Å²) in [5, 5.41) is 44.7. The molecule has 0 saturated carbocycles. The van der Waals surface area contributed by atoms with Crippen LogP contribution in [0.3, 0.4) is 0 Å². The van der Waals surface area contributed by atoms with E-state index in [-0.39, 0.29) is 79.8 Å². The van der Waals surface area contributed by atoms with Crippen LogP contribution < -0.4 is 26.6 Å². The van der Waals surface area contributed by atoms with Gasteiger partial charge >= 0.3 is 12.1 Å². The second kappa shape index (κ2) is 27.2. The van der Waals surface area contributed by atoms with E-state index in [1.807, 2.05) is 19.9 Å². The van der Waals surface area contributed by atoms with Gasteiger partial charge < -0.3 is 41.0 Å². The Morgan fingerprint density at radius 2 is 1.51 bits per heavy atom. The molecule has 9 rings (SSSR count). The zero-order valence-corrected chi connectivity index (χ0v) is 50.2. The average Bonchev–Trinajstić information content (AvgIpc) is 4.56. The molecule has 22 nitrogen and oxygen atoms in total. The number of carbonyl (C=O) groups is 6. The second-order valence-electron chi connectivity index (χ2n) is 19.2. The summed E-state index contributed by atoms with van der Waals surface area (Å²) in [6.45, 7) is 9.98. The standard InChI is InChI=1S/C55H56N12O10S6/c1-26(2)31-18-37(68)44-28(4)82-53(67-44)33(19-40(69)56-5)59-48(74)35-23-78-49(61-35)30-15-16-32(51-63-39(25-81-51)64-55(75)77-17-11-10-14-42(71)72)58-45(30)34-22-79-52(60-34)36-24-80-54(62-36)46(47(73)29-12-8-7-9-13-29)65-41(70)20-57-27(3)43-38(21-76-6)83-50(31)66-43/h7-9,12-13,15-16,22-26,31,33,46-47,57,73H,3,10-11,14,17-21H2,1-2,4-6H3,(H,56,69)(H,59,74)(H,64,75)(H,65,70)(H,71,72)/t31-,33+,46+,47+/m1/s1. The van der Waals surface area contributed by atoms with Gasteiger partial charge in [-0.25, -0.2) is 39.7 Å². The summed E-state index contributed by atoms with van der Waals surface area (Å²) in [5.74, 6) is -2.84. The molecule has 8 heterocycles. The van der Waals surface area contributed by atoms with Crippen LogP contribution >= 0.6 is 68.0 Å². The first-order valence-corrected chi connectivity index (χ1v) is 31.1. The fourth-order valence-corrected chi connectivity index (χ4v) is 14.3. The first-order chi connectivity index (χ1) is 40.0. The van der Waals surface area contributed by atoms with Gasteiger partial charge in [0.25, 0.3) is 5.91 Å². The van der Waals surface area contributed by atoms with Gasteiger partial charge in [0.1, 0.15) is 77.2 Å². The van der Waals surface area contributed by atoms with Crippen molar-refractivity contribution >= 4 is 115 Å². The van der Waals surface area contributed by atoms with Gasteiger partial charge in [-0.05, 0) is 43.4 Å². The Morgan fingerprint density at radius 1 is 0.783 bits per heavy atom. The number of carbonyl (C=O) groups excluding carboxylic acids is 5. The van der Waals surface area contributed by atoms with Gasteiger partial charge in [-0.3, -0.25) is 29.3 Å². The molecule has 432 valence electrons. The van der Waals surface area contributed by atoms with Crippen molar-refractivity contribution in [2.24, 2.45) is 5.92 Å². The number of rotatable bonds is 14. The molecule has 7 N–H and O–H groups in total. The van der Waals surface area contributed by atoms with Gasteiger partial charge in [0.05, 0.1) is 53.5 Å². The number of aryl methyl sites for hydroxylation is 1. The number of hydrogen-bond acceptors (Lipinski definition) is 23. The van der Waals surface area contributed by atoms with E-state index in [1.54, 1.807) is 72.0 Å². The maximum absolute atomic E-state index is 14.4. The molecule has 1 aliphatic heterocycles. The van der Waals surface area contributed by atoms with Crippen molar-refractivity contribution < 1.29 is 48.5 Å². The number of anilines is 1. The second-order valence-corrected chi connectivity index (χ2v) is 25.0. The molecule has 0 aliphatic carbocycles. The number of ether oxygens (including phenoxy) is 2. The molecule has 1 aromatic carbocycles. The third-order valence-electron chi connectivity index (χ3n) is 13.0. The summed E-state index contributed by atoms with van der Waals surface area (Å²) in [5.41, 5.74) is 3.80. The number of Topliss-reactive ketones (excluding diaryl/α,β-unsaturated/α-hetero) is 1. The van der Waals surface area contributed by atoms with Crippen LogP contribution in [0.4, 0.5) is 10.6 Å². The van der Waals surface area contributed by atoms with Gasteiger partial charge in [-0.1, -0.05) is 50.8 Å². The molecule has 4 atom stereocenters. The number of methoxy groups -OCH3 is 1. The Labute approximate surface area is 500 Å². The first kappa shape index (κ1) is 60.0. The number of aliphatic hydroxyl groups is 1. The van der Waals surface area contributed by atoms with Crippen LogP contribution in [0.5, 0.6) is 0 Å². The molecule has 0 radical (unpaired) electrons. The highest BCUT2D eigenvalue weighted by Crippen LogP contribution is 2.41. The van der Waals surface area contributed by atoms with E-state index in [9.17, 15) is 33.9 Å². The lowest BCUT2D eigenvalue weighted by Crippen LogP contribution is -2.38. The first-order valence-electron chi connectivity index (χ1n) is 25.9. The monoisotopic (exact) mass is 1240 g/mol. The smallest absolute Gasteiger partial charge is 0.412 e. The van der Waals surface area contributed by atoms with E-state index in [4.69, 9.17) is 44.5 Å². The number of carboxylic acids is 1. The molecule has 0 fully saturated rings. The quantitative estimate of drug-likeness (QED) is 0.0498. The Balaban J connectivity index is 1.10. The Hall–Kier alpha value is -7.57. The van der Waals surface area contributed by atoms with Crippen molar-refractivity contribution in [3.8, 4) is 43.4 Å². The molecule has 0 saturated heterocycles. The van der Waals surface area contributed by atoms with E-state index in [2.05, 4.69) is 38.1 Å². The van der Waals surface area contributed by atoms with E-state index in [0.717, 1.165) is 4.88 Å². The summed E-state index contributed by atoms with van der Waals surface area (Å²) in [6.07, 6.45) is -1.42. The molecular weight excluding hydrogens is 1180 g/mol. The highest BCUT2D eigenvalue weighted by atomic mass is 32.1. The molecule has 4 amide bonds. The number of benzene rings is 1. The summed E-state index contributed by atoms with van der Waals surface area (Å²) in [7, 11) is 3.05. The molecule has 10 bridgehead atoms. The zero-order valence-electron chi connectivity index (χ0n) is 45.3. The minimum atomic E-state index is -1.22. The minimum absolute atomic E-state index is 0.0259. The van der Waals surface area contributed by atoms with Crippen molar-refractivity contribution in [1.82, 2.24) is 56.2 Å². The fourth-order valence-electron chi connectivity index (χ4n) is 8.66. The molecule has 83 heavy (non-hydrogen) atoms. The Morgan fingerprint density at radius 3 is 2.27 bits per heavy atom. The largest absolute Gasteiger partial charge is 0.481 e. The zero-order chi connectivity index (χ0) is 58.9. The van der Waals surface area contributed by atoms with E-state index in [0.29, 0.717) is 93.1 Å². The van der Waals surface area contributed by atoms with Crippen LogP contribution in [-0.2, 0) is 30.5 Å². The van der Waals surface area contributed by atoms with E-state index < -0.39 is 42.1 Å². The lowest BCUT2D eigenvalue weighted by molar-refractivity contribution is -0.137. The number of carboxylic acid groups (broad SMARTS) is 1. The minimum Gasteiger partial charge on any atom is -0.481 e. The number of nitrogens with zero attached hydrogens (tertiary/aromatic N) is 7. The third-order valence-corrected chi connectivity index (χ3v) is 18.8. The Kier molecular flexibility index (Phi) is 19.7. The van der Waals surface area contributed by atoms with Gasteiger partial charge in [-0.2, -0.15) is 0 Å². The molecule has 0 spiro atoms. The topological polar surface area (TPSA) is 312 Å². The van der Waals surface area contributed by atoms with Gasteiger partial charge in [0, 0.05) is 64.9 Å². The number of ketones is 1. The van der Waals surface area contributed by atoms with Crippen molar-refractivity contribution in [2.75, 3.05) is 32.6 Å². The summed E-state index contributed by atoms with van der Waals surface area (Å²) in [6, 6.07) is 10.5. The van der Waals surface area contributed by atoms with Crippen LogP contribution in [0.1, 0.15) is 127 Å². The predicted molar refractivity (Wildman–Crippen MR) is 320 cm³/mol. The third kappa shape index (κ3) is 14.6. The molecular formula is C55H56N12O10S6. The highest BCUT2D eigenvalue weighted by Gasteiger charge is 2.32. The molecule has 7 aromatic heterocycles. The van der Waals surface area contributed by atoms with Gasteiger partial charge in [-0.15, -0.1) is 68.0 Å². The fraction of sp³-hybridized carbons (Fsp3) is 0.327. The van der Waals surface area contributed by atoms with Crippen molar-refractivity contribution in [2.45, 2.75) is 83.6 Å². The van der Waals surface area contributed by atoms with Crippen LogP contribution in [0.2, 0.25) is 0 Å². The lowest BCUT2D eigenvalue weighted by Gasteiger charge is -2.23. The predicted octanol–water partition coefficient (Wildman–Crippen LogP) is 9.83. The van der Waals surface area contributed by atoms with Gasteiger partial charge in [0.2, 0.25) is 11.8 Å². The van der Waals surface area contributed by atoms with Crippen molar-refractivity contribution in [1.29, 1.82) is 0 Å². The lowest BCUT2D eigenvalue weighted by atomic mass is 9.90. The van der Waals surface area contributed by atoms with Crippen molar-refractivity contribution in [3.05, 3.63) is 118 Å². The highest BCUT2D eigenvalue weighted by molar-refractivity contribution is 7.15. The van der Waals surface area contributed by atoms with E-state index in [1.165, 1.54) is 75.1 Å². The Bertz CT molecular complexity index is 3680. The maximum Gasteiger partial charge on any atom is 0.412 e. The van der Waals surface area contributed by atoms with Crippen LogP contribution in [0.15, 0.2) is 70.6 Å². The number of aliphatic hydroxyl groups excluding tert-OH is 1.